The highest BCUT2D eigenvalue weighted by Crippen LogP contribution is 2.21. The van der Waals surface area contributed by atoms with Crippen LogP contribution < -0.4 is 4.73 Å². The van der Waals surface area contributed by atoms with Gasteiger partial charge in [-0.25, -0.2) is 9.67 Å². The molecule has 21 heavy (non-hydrogen) atoms. The molecule has 0 bridgehead atoms. The zero-order chi connectivity index (χ0) is 14.7. The average molecular weight is 283 g/mol. The van der Waals surface area contributed by atoms with E-state index in [4.69, 9.17) is 4.74 Å². The summed E-state index contributed by atoms with van der Waals surface area (Å²) < 4.78 is 7.52. The number of hydrogen-bond donors (Lipinski definition) is 0. The van der Waals surface area contributed by atoms with E-state index in [2.05, 4.69) is 15.1 Å². The molecular formula is C14H13N5O2. The first kappa shape index (κ1) is 13.2. The summed E-state index contributed by atoms with van der Waals surface area (Å²) in [4.78, 5) is 8.51. The third kappa shape index (κ3) is 2.72. The van der Waals surface area contributed by atoms with Crippen molar-refractivity contribution in [3.8, 4) is 22.8 Å². The SMILES string of the molecule is COCn1nc(-c2ccncc2)nc1-c1cc[n+]([O-])cc1. The van der Waals surface area contributed by atoms with Gasteiger partial charge < -0.3 is 9.94 Å². The summed E-state index contributed by atoms with van der Waals surface area (Å²) >= 11 is 0. The molecule has 3 heterocycles. The minimum absolute atomic E-state index is 0.277. The summed E-state index contributed by atoms with van der Waals surface area (Å²) in [5, 5.41) is 15.6. The Balaban J connectivity index is 2.06. The van der Waals surface area contributed by atoms with Crippen molar-refractivity contribution in [2.75, 3.05) is 7.11 Å². The maximum absolute atomic E-state index is 11.1. The molecule has 0 amide bonds. The van der Waals surface area contributed by atoms with Crippen LogP contribution in [0.1, 0.15) is 0 Å². The van der Waals surface area contributed by atoms with Gasteiger partial charge in [-0.3, -0.25) is 4.98 Å². The molecule has 3 aromatic heterocycles. The average Bonchev–Trinajstić information content (AvgIpc) is 2.93. The van der Waals surface area contributed by atoms with Crippen molar-refractivity contribution in [2.45, 2.75) is 6.73 Å². The van der Waals surface area contributed by atoms with E-state index in [1.54, 1.807) is 36.3 Å². The van der Waals surface area contributed by atoms with E-state index in [-0.39, 0.29) is 6.73 Å². The minimum atomic E-state index is 0.277. The monoisotopic (exact) mass is 283 g/mol. The Labute approximate surface area is 121 Å². The quantitative estimate of drug-likeness (QED) is 0.531. The van der Waals surface area contributed by atoms with Crippen LogP contribution in [0.3, 0.4) is 0 Å². The van der Waals surface area contributed by atoms with Crippen LogP contribution in [0, 0.1) is 5.21 Å². The Hall–Kier alpha value is -2.80. The normalized spacial score (nSPS) is 10.7. The number of ether oxygens (including phenoxy) is 1. The van der Waals surface area contributed by atoms with Crippen LogP contribution >= 0.6 is 0 Å². The summed E-state index contributed by atoms with van der Waals surface area (Å²) in [6.07, 6.45) is 6.23. The Morgan fingerprint density at radius 1 is 1.14 bits per heavy atom. The molecule has 0 aliphatic rings. The molecule has 106 valence electrons. The maximum Gasteiger partial charge on any atom is 0.181 e. The topological polar surface area (TPSA) is 79.8 Å². The van der Waals surface area contributed by atoms with Gasteiger partial charge in [-0.05, 0) is 12.1 Å². The van der Waals surface area contributed by atoms with Crippen LogP contribution in [0.15, 0.2) is 49.1 Å². The Bertz CT molecular complexity index is 725. The van der Waals surface area contributed by atoms with Crippen LogP contribution in [-0.2, 0) is 11.5 Å². The summed E-state index contributed by atoms with van der Waals surface area (Å²) in [6, 6.07) is 7.07. The molecule has 0 saturated heterocycles. The largest absolute Gasteiger partial charge is 0.619 e. The standard InChI is InChI=1S/C14H13N5O2/c1-21-10-19-14(12-4-8-18(20)9-5-12)16-13(17-19)11-2-6-15-7-3-11/h2-9H,10H2,1H3. The molecule has 7 nitrogen and oxygen atoms in total. The molecule has 3 rings (SSSR count). The van der Waals surface area contributed by atoms with Crippen LogP contribution in [0.2, 0.25) is 0 Å². The van der Waals surface area contributed by atoms with Gasteiger partial charge in [0.2, 0.25) is 0 Å². The van der Waals surface area contributed by atoms with E-state index in [0.29, 0.717) is 11.6 Å². The molecule has 0 saturated carbocycles. The van der Waals surface area contributed by atoms with E-state index in [1.165, 1.54) is 12.4 Å². The second-order valence-corrected chi connectivity index (χ2v) is 4.36. The van der Waals surface area contributed by atoms with Crippen molar-refractivity contribution in [2.24, 2.45) is 0 Å². The molecule has 0 N–H and O–H groups in total. The van der Waals surface area contributed by atoms with E-state index in [0.717, 1.165) is 15.9 Å². The number of hydrogen-bond acceptors (Lipinski definition) is 5. The van der Waals surface area contributed by atoms with Crippen molar-refractivity contribution in [1.29, 1.82) is 0 Å². The second-order valence-electron chi connectivity index (χ2n) is 4.36. The van der Waals surface area contributed by atoms with Gasteiger partial charge in [0.1, 0.15) is 6.73 Å². The van der Waals surface area contributed by atoms with Gasteiger partial charge in [-0.1, -0.05) is 0 Å². The van der Waals surface area contributed by atoms with Crippen LogP contribution in [-0.4, -0.2) is 26.9 Å². The van der Waals surface area contributed by atoms with Crippen molar-refractivity contribution in [3.05, 3.63) is 54.3 Å². The van der Waals surface area contributed by atoms with Gasteiger partial charge in [-0.15, -0.1) is 5.10 Å². The summed E-state index contributed by atoms with van der Waals surface area (Å²) in [5.74, 6) is 1.23. The van der Waals surface area contributed by atoms with E-state index < -0.39 is 0 Å². The lowest BCUT2D eigenvalue weighted by atomic mass is 10.2. The molecule has 0 aliphatic carbocycles. The smallest absolute Gasteiger partial charge is 0.181 e. The fraction of sp³-hybridized carbons (Fsp3) is 0.143. The first-order valence-electron chi connectivity index (χ1n) is 6.31. The Morgan fingerprint density at radius 2 is 1.86 bits per heavy atom. The van der Waals surface area contributed by atoms with Crippen LogP contribution in [0.25, 0.3) is 22.8 Å². The van der Waals surface area contributed by atoms with Crippen molar-refractivity contribution < 1.29 is 9.47 Å². The summed E-state index contributed by atoms with van der Waals surface area (Å²) in [7, 11) is 1.59. The Morgan fingerprint density at radius 3 is 2.52 bits per heavy atom. The van der Waals surface area contributed by atoms with Gasteiger partial charge in [0.05, 0.1) is 0 Å². The maximum atomic E-state index is 11.1. The predicted octanol–water partition coefficient (Wildman–Crippen LogP) is 1.24. The summed E-state index contributed by atoms with van der Waals surface area (Å²) in [5.41, 5.74) is 1.67. The molecule has 0 aromatic carbocycles. The van der Waals surface area contributed by atoms with Crippen molar-refractivity contribution in [3.63, 3.8) is 0 Å². The fourth-order valence-electron chi connectivity index (χ4n) is 1.95. The molecule has 0 aliphatic heterocycles. The molecule has 0 atom stereocenters. The third-order valence-electron chi connectivity index (χ3n) is 2.92. The number of methoxy groups -OCH3 is 1. The molecule has 0 unspecified atom stereocenters. The molecule has 3 aromatic rings. The Kier molecular flexibility index (Phi) is 3.57. The summed E-state index contributed by atoms with van der Waals surface area (Å²) in [6.45, 7) is 0.277. The zero-order valence-electron chi connectivity index (χ0n) is 11.4. The molecule has 0 spiro atoms. The number of aromatic nitrogens is 5. The molecule has 0 fully saturated rings. The zero-order valence-corrected chi connectivity index (χ0v) is 11.4. The van der Waals surface area contributed by atoms with Crippen molar-refractivity contribution >= 4 is 0 Å². The number of rotatable bonds is 4. The van der Waals surface area contributed by atoms with E-state index >= 15 is 0 Å². The molecule has 0 radical (unpaired) electrons. The number of nitrogens with zero attached hydrogens (tertiary/aromatic N) is 5. The minimum Gasteiger partial charge on any atom is -0.619 e. The number of pyridine rings is 2. The molecule has 7 heteroatoms. The van der Waals surface area contributed by atoms with Gasteiger partial charge in [0.15, 0.2) is 24.0 Å². The fourth-order valence-corrected chi connectivity index (χ4v) is 1.95. The first-order chi connectivity index (χ1) is 10.3. The lowest BCUT2D eigenvalue weighted by Gasteiger charge is -2.03. The van der Waals surface area contributed by atoms with Crippen LogP contribution in [0.4, 0.5) is 0 Å². The van der Waals surface area contributed by atoms with Crippen LogP contribution in [0.5, 0.6) is 0 Å². The van der Waals surface area contributed by atoms with Gasteiger partial charge in [-0.2, -0.15) is 4.73 Å². The van der Waals surface area contributed by atoms with Crippen molar-refractivity contribution in [1.82, 2.24) is 19.7 Å². The first-order valence-corrected chi connectivity index (χ1v) is 6.31. The lowest BCUT2D eigenvalue weighted by Crippen LogP contribution is -2.23. The second kappa shape index (κ2) is 5.68. The highest BCUT2D eigenvalue weighted by molar-refractivity contribution is 5.60. The van der Waals surface area contributed by atoms with Gasteiger partial charge in [0.25, 0.3) is 0 Å². The van der Waals surface area contributed by atoms with E-state index in [1.807, 2.05) is 12.1 Å². The van der Waals surface area contributed by atoms with Gasteiger partial charge in [0, 0.05) is 42.8 Å². The lowest BCUT2D eigenvalue weighted by molar-refractivity contribution is -0.605. The highest BCUT2D eigenvalue weighted by Gasteiger charge is 2.14. The van der Waals surface area contributed by atoms with E-state index in [9.17, 15) is 5.21 Å². The van der Waals surface area contributed by atoms with Gasteiger partial charge >= 0.3 is 0 Å². The third-order valence-corrected chi connectivity index (χ3v) is 2.92. The highest BCUT2D eigenvalue weighted by atomic mass is 16.5. The molecular weight excluding hydrogens is 270 g/mol. The predicted molar refractivity (Wildman–Crippen MR) is 74.7 cm³/mol.